The maximum atomic E-state index is 11.9. The van der Waals surface area contributed by atoms with E-state index >= 15 is 0 Å². The summed E-state index contributed by atoms with van der Waals surface area (Å²) >= 11 is 0. The predicted octanol–water partition coefficient (Wildman–Crippen LogP) is 1.37. The van der Waals surface area contributed by atoms with Gasteiger partial charge >= 0.3 is 0 Å². The Morgan fingerprint density at radius 3 is 2.95 bits per heavy atom. The lowest BCUT2D eigenvalue weighted by molar-refractivity contribution is -0.122. The molecule has 1 amide bonds. The fraction of sp³-hybridized carbons (Fsp3) is 0.786. The summed E-state index contributed by atoms with van der Waals surface area (Å²) in [4.78, 5) is 16.0. The van der Waals surface area contributed by atoms with Gasteiger partial charge in [-0.25, -0.2) is 0 Å². The highest BCUT2D eigenvalue weighted by Crippen LogP contribution is 2.24. The van der Waals surface area contributed by atoms with E-state index in [1.807, 2.05) is 0 Å². The van der Waals surface area contributed by atoms with Crippen molar-refractivity contribution in [1.82, 2.24) is 15.5 Å². The minimum Gasteiger partial charge on any atom is -0.396 e. The van der Waals surface area contributed by atoms with Crippen LogP contribution in [0.3, 0.4) is 0 Å². The van der Waals surface area contributed by atoms with Crippen LogP contribution < -0.4 is 5.32 Å². The number of aliphatic hydroxyl groups is 1. The maximum Gasteiger partial charge on any atom is 0.226 e. The molecule has 0 aliphatic heterocycles. The molecule has 20 heavy (non-hydrogen) atoms. The molecule has 0 radical (unpaired) electrons. The molecule has 1 fully saturated rings. The minimum absolute atomic E-state index is 0.0478. The van der Waals surface area contributed by atoms with Crippen molar-refractivity contribution >= 4 is 5.91 Å². The third-order valence-corrected chi connectivity index (χ3v) is 3.85. The van der Waals surface area contributed by atoms with Crippen molar-refractivity contribution in [2.75, 3.05) is 6.61 Å². The Balaban J connectivity index is 1.69. The lowest BCUT2D eigenvalue weighted by Crippen LogP contribution is -2.43. The number of amides is 1. The second-order valence-corrected chi connectivity index (χ2v) is 5.49. The summed E-state index contributed by atoms with van der Waals surface area (Å²) < 4.78 is 5.00. The van der Waals surface area contributed by atoms with Crippen molar-refractivity contribution < 1.29 is 14.4 Å². The number of nitrogens with one attached hydrogen (secondary N) is 1. The molecule has 2 rings (SSSR count). The van der Waals surface area contributed by atoms with Crippen LogP contribution >= 0.6 is 0 Å². The largest absolute Gasteiger partial charge is 0.396 e. The Labute approximate surface area is 118 Å². The molecule has 1 heterocycles. The van der Waals surface area contributed by atoms with Crippen LogP contribution in [0.5, 0.6) is 0 Å². The number of rotatable bonds is 6. The van der Waals surface area contributed by atoms with Gasteiger partial charge in [0.05, 0.1) is 0 Å². The number of carbonyl (C=O) groups excluding carboxylic acids is 1. The molecule has 1 aromatic heterocycles. The van der Waals surface area contributed by atoms with Crippen LogP contribution in [0.25, 0.3) is 0 Å². The first-order chi connectivity index (χ1) is 9.69. The van der Waals surface area contributed by atoms with Crippen LogP contribution in [0.2, 0.25) is 0 Å². The van der Waals surface area contributed by atoms with E-state index < -0.39 is 0 Å². The zero-order valence-electron chi connectivity index (χ0n) is 12.0. The second kappa shape index (κ2) is 7.38. The summed E-state index contributed by atoms with van der Waals surface area (Å²) in [6, 6.07) is 0.131. The predicted molar refractivity (Wildman–Crippen MR) is 72.9 cm³/mol. The molecule has 1 saturated carbocycles. The molecular formula is C14H23N3O3. The van der Waals surface area contributed by atoms with E-state index in [1.54, 1.807) is 6.92 Å². The summed E-state index contributed by atoms with van der Waals surface area (Å²) in [7, 11) is 0. The summed E-state index contributed by atoms with van der Waals surface area (Å²) in [5.74, 6) is 1.47. The van der Waals surface area contributed by atoms with Gasteiger partial charge in [0.1, 0.15) is 0 Å². The Morgan fingerprint density at radius 1 is 1.45 bits per heavy atom. The normalized spacial score (nSPS) is 22.7. The monoisotopic (exact) mass is 281 g/mol. The Bertz CT molecular complexity index is 433. The number of aromatic nitrogens is 2. The molecular weight excluding hydrogens is 258 g/mol. The summed E-state index contributed by atoms with van der Waals surface area (Å²) in [5, 5.41) is 16.1. The summed E-state index contributed by atoms with van der Waals surface area (Å²) in [5.41, 5.74) is 0. The topological polar surface area (TPSA) is 88.2 Å². The lowest BCUT2D eigenvalue weighted by Gasteiger charge is -2.30. The van der Waals surface area contributed by atoms with Crippen LogP contribution in [0.1, 0.15) is 50.2 Å². The zero-order chi connectivity index (χ0) is 14.4. The molecule has 6 nitrogen and oxygen atoms in total. The van der Waals surface area contributed by atoms with Gasteiger partial charge in [-0.2, -0.15) is 4.98 Å². The molecule has 0 aromatic carbocycles. The van der Waals surface area contributed by atoms with E-state index in [-0.39, 0.29) is 24.5 Å². The Hall–Kier alpha value is -1.43. The lowest BCUT2D eigenvalue weighted by atomic mass is 9.85. The first kappa shape index (κ1) is 15.0. The highest BCUT2D eigenvalue weighted by Gasteiger charge is 2.25. The van der Waals surface area contributed by atoms with E-state index in [9.17, 15) is 9.90 Å². The van der Waals surface area contributed by atoms with Gasteiger partial charge < -0.3 is 14.9 Å². The number of aliphatic hydroxyl groups excluding tert-OH is 1. The fourth-order valence-electron chi connectivity index (χ4n) is 2.74. The van der Waals surface area contributed by atoms with Gasteiger partial charge in [-0.3, -0.25) is 4.79 Å². The van der Waals surface area contributed by atoms with Gasteiger partial charge in [0.15, 0.2) is 5.82 Å². The number of hydrogen-bond acceptors (Lipinski definition) is 5. The van der Waals surface area contributed by atoms with Crippen LogP contribution in [-0.2, 0) is 11.2 Å². The average molecular weight is 281 g/mol. The average Bonchev–Trinajstić information content (AvgIpc) is 2.85. The van der Waals surface area contributed by atoms with Crippen molar-refractivity contribution in [3.8, 4) is 0 Å². The van der Waals surface area contributed by atoms with E-state index in [0.29, 0.717) is 31.0 Å². The number of nitrogens with zero attached hydrogens (tertiary/aromatic N) is 2. The number of aryl methyl sites for hydroxylation is 2. The smallest absolute Gasteiger partial charge is 0.226 e. The number of hydrogen-bond donors (Lipinski definition) is 2. The fourth-order valence-corrected chi connectivity index (χ4v) is 2.74. The SMILES string of the molecule is Cc1noc(CCCC(=O)NC2CCCCC2CO)n1. The number of carbonyl (C=O) groups is 1. The van der Waals surface area contributed by atoms with E-state index in [4.69, 9.17) is 4.52 Å². The highest BCUT2D eigenvalue weighted by molar-refractivity contribution is 5.76. The van der Waals surface area contributed by atoms with E-state index in [0.717, 1.165) is 25.7 Å². The van der Waals surface area contributed by atoms with Crippen LogP contribution in [0.4, 0.5) is 0 Å². The second-order valence-electron chi connectivity index (χ2n) is 5.49. The van der Waals surface area contributed by atoms with Gasteiger partial charge in [0.2, 0.25) is 11.8 Å². The molecule has 0 saturated heterocycles. The molecule has 1 aromatic rings. The molecule has 0 spiro atoms. The molecule has 2 N–H and O–H groups in total. The molecule has 1 aliphatic rings. The Kier molecular flexibility index (Phi) is 5.52. The molecule has 1 aliphatic carbocycles. The first-order valence-electron chi connectivity index (χ1n) is 7.38. The maximum absolute atomic E-state index is 11.9. The van der Waals surface area contributed by atoms with Gasteiger partial charge in [-0.1, -0.05) is 18.0 Å². The highest BCUT2D eigenvalue weighted by atomic mass is 16.5. The van der Waals surface area contributed by atoms with Gasteiger partial charge in [-0.15, -0.1) is 0 Å². The van der Waals surface area contributed by atoms with Crippen LogP contribution in [0, 0.1) is 12.8 Å². The zero-order valence-corrected chi connectivity index (χ0v) is 12.0. The molecule has 2 atom stereocenters. The molecule has 0 bridgehead atoms. The third kappa shape index (κ3) is 4.30. The van der Waals surface area contributed by atoms with E-state index in [2.05, 4.69) is 15.5 Å². The van der Waals surface area contributed by atoms with Gasteiger partial charge in [0, 0.05) is 31.4 Å². The third-order valence-electron chi connectivity index (χ3n) is 3.85. The van der Waals surface area contributed by atoms with Gasteiger partial charge in [0.25, 0.3) is 0 Å². The summed E-state index contributed by atoms with van der Waals surface area (Å²) in [6.07, 6.45) is 6.03. The molecule has 6 heteroatoms. The molecule has 2 unspecified atom stereocenters. The van der Waals surface area contributed by atoms with Crippen LogP contribution in [0.15, 0.2) is 4.52 Å². The van der Waals surface area contributed by atoms with Crippen molar-refractivity contribution in [3.05, 3.63) is 11.7 Å². The van der Waals surface area contributed by atoms with Crippen molar-refractivity contribution in [2.45, 2.75) is 57.9 Å². The summed E-state index contributed by atoms with van der Waals surface area (Å²) in [6.45, 7) is 1.93. The van der Waals surface area contributed by atoms with Crippen molar-refractivity contribution in [2.24, 2.45) is 5.92 Å². The van der Waals surface area contributed by atoms with Crippen molar-refractivity contribution in [3.63, 3.8) is 0 Å². The minimum atomic E-state index is 0.0478. The standard InChI is InChI=1S/C14H23N3O3/c1-10-15-14(20-17-10)8-4-7-13(19)16-12-6-3-2-5-11(12)9-18/h11-12,18H,2-9H2,1H3,(H,16,19). The molecule has 112 valence electrons. The quantitative estimate of drug-likeness (QED) is 0.822. The van der Waals surface area contributed by atoms with E-state index in [1.165, 1.54) is 0 Å². The van der Waals surface area contributed by atoms with Crippen molar-refractivity contribution in [1.29, 1.82) is 0 Å². The first-order valence-corrected chi connectivity index (χ1v) is 7.38. The Morgan fingerprint density at radius 2 is 2.25 bits per heavy atom. The van der Waals surface area contributed by atoms with Gasteiger partial charge in [-0.05, 0) is 26.2 Å². The van der Waals surface area contributed by atoms with Crippen LogP contribution in [-0.4, -0.2) is 33.8 Å².